The molecule has 0 aliphatic carbocycles. The van der Waals surface area contributed by atoms with Crippen LogP contribution in [-0.2, 0) is 0 Å². The van der Waals surface area contributed by atoms with Gasteiger partial charge in [-0.2, -0.15) is 8.78 Å². The van der Waals surface area contributed by atoms with Crippen LogP contribution in [0.1, 0.15) is 101 Å². The highest BCUT2D eigenvalue weighted by Gasteiger charge is 2.33. The summed E-state index contributed by atoms with van der Waals surface area (Å²) in [6, 6.07) is 36.7. The molecule has 0 radical (unpaired) electrons. The zero-order valence-electron chi connectivity index (χ0n) is 36.2. The molecule has 312 valence electrons. The normalized spacial score (nSPS) is 12.1. The molecule has 62 heavy (non-hydrogen) atoms. The summed E-state index contributed by atoms with van der Waals surface area (Å²) in [7, 11) is 0. The van der Waals surface area contributed by atoms with Crippen LogP contribution in [0.3, 0.4) is 0 Å². The van der Waals surface area contributed by atoms with E-state index in [4.69, 9.17) is 9.47 Å². The van der Waals surface area contributed by atoms with Crippen LogP contribution in [0.2, 0.25) is 0 Å². The summed E-state index contributed by atoms with van der Waals surface area (Å²) in [5.41, 5.74) is 8.24. The lowest BCUT2D eigenvalue weighted by Crippen LogP contribution is -2.07. The molecule has 6 heteroatoms. The third-order valence-corrected chi connectivity index (χ3v) is 12.3. The van der Waals surface area contributed by atoms with Gasteiger partial charge >= 0.3 is 0 Å². The number of ether oxygens (including phenoxy) is 2. The first-order chi connectivity index (χ1) is 29.8. The molecule has 0 saturated heterocycles. The predicted octanol–water partition coefficient (Wildman–Crippen LogP) is 17.7. The minimum absolute atomic E-state index is 0.0747. The Morgan fingerprint density at radius 1 is 0.339 bits per heavy atom. The van der Waals surface area contributed by atoms with Crippen molar-refractivity contribution in [2.45, 2.75) is 79.1 Å². The summed E-state index contributed by atoms with van der Waals surface area (Å²) >= 11 is 0. The van der Waals surface area contributed by atoms with Crippen molar-refractivity contribution in [3.8, 4) is 45.3 Å². The minimum atomic E-state index is -1.09. The van der Waals surface area contributed by atoms with E-state index in [9.17, 15) is 4.39 Å². The van der Waals surface area contributed by atoms with Gasteiger partial charge in [0.1, 0.15) is 11.5 Å². The highest BCUT2D eigenvalue weighted by molar-refractivity contribution is 6.38. The minimum Gasteiger partial charge on any atom is -0.453 e. The summed E-state index contributed by atoms with van der Waals surface area (Å²) in [5.74, 6) is -3.59. The summed E-state index contributed by atoms with van der Waals surface area (Å²) in [6.07, 6.45) is 0. The van der Waals surface area contributed by atoms with Crippen molar-refractivity contribution >= 4 is 43.1 Å². The largest absolute Gasteiger partial charge is 0.453 e. The van der Waals surface area contributed by atoms with Crippen LogP contribution < -0.4 is 9.47 Å². The first kappa shape index (κ1) is 41.0. The van der Waals surface area contributed by atoms with Crippen molar-refractivity contribution in [2.75, 3.05) is 0 Å². The van der Waals surface area contributed by atoms with Crippen LogP contribution in [0.5, 0.6) is 23.0 Å². The zero-order chi connectivity index (χ0) is 43.7. The molecular formula is C56H48F4O2. The lowest BCUT2D eigenvalue weighted by Gasteiger charge is -2.30. The monoisotopic (exact) mass is 828 g/mol. The second-order valence-electron chi connectivity index (χ2n) is 17.6. The summed E-state index contributed by atoms with van der Waals surface area (Å²) in [5, 5.41) is 6.39. The quantitative estimate of drug-likeness (QED) is 0.0777. The van der Waals surface area contributed by atoms with Gasteiger partial charge in [0.15, 0.2) is 23.1 Å². The molecule has 9 aromatic rings. The lowest BCUT2D eigenvalue weighted by molar-refractivity contribution is 0.419. The Kier molecular flexibility index (Phi) is 10.5. The summed E-state index contributed by atoms with van der Waals surface area (Å²) in [4.78, 5) is 0. The topological polar surface area (TPSA) is 18.5 Å². The molecule has 0 atom stereocenters. The van der Waals surface area contributed by atoms with Crippen molar-refractivity contribution in [3.05, 3.63) is 167 Å². The number of fused-ring (bicyclic) bond motifs is 2. The molecule has 0 fully saturated rings. The lowest BCUT2D eigenvalue weighted by atomic mass is 9.75. The van der Waals surface area contributed by atoms with Crippen molar-refractivity contribution < 1.29 is 27.0 Å². The number of hydrogen-bond donors (Lipinski definition) is 0. The standard InChI is InChI=1S/C56H48F4O2/c1-29(2)34-16-10-17-35(30(3)4)47(34)51-40-22-12-21-39-49(40)52(38-20-9-15-33-27-28-43(50(39)46(33)38)61-44-25-13-23-41(57)54(44)59)56(62-45-26-14-24-42(58)55(45)60)53(51)48-36(31(5)6)18-11-19-37(48)32(7)8/h9-32H,1-8H3. The molecule has 0 aromatic heterocycles. The van der Waals surface area contributed by atoms with Crippen LogP contribution in [0.25, 0.3) is 65.3 Å². The Balaban J connectivity index is 1.61. The SMILES string of the molecule is CC(C)c1cccc(C(C)C)c1-c1c(-c2c(C(C)C)cccc2C(C)C)c2cccc3c4c(Oc5cccc(F)c5F)ccc5cccc(c(c1Oc1cccc(F)c1F)c23)c54. The van der Waals surface area contributed by atoms with E-state index in [2.05, 4.69) is 97.9 Å². The van der Waals surface area contributed by atoms with Gasteiger partial charge in [-0.3, -0.25) is 0 Å². The molecule has 0 bridgehead atoms. The zero-order valence-corrected chi connectivity index (χ0v) is 36.2. The number of halogens is 4. The fraction of sp³-hybridized carbons (Fsp3) is 0.214. The van der Waals surface area contributed by atoms with Gasteiger partial charge in [0.25, 0.3) is 0 Å². The molecule has 0 aliphatic rings. The fourth-order valence-corrected chi connectivity index (χ4v) is 9.54. The maximum absolute atomic E-state index is 16.3. The Morgan fingerprint density at radius 2 is 0.774 bits per heavy atom. The molecule has 0 amide bonds. The van der Waals surface area contributed by atoms with Gasteiger partial charge in [0.05, 0.1) is 0 Å². The van der Waals surface area contributed by atoms with Crippen LogP contribution in [-0.4, -0.2) is 0 Å². The van der Waals surface area contributed by atoms with Gasteiger partial charge in [0.2, 0.25) is 11.6 Å². The van der Waals surface area contributed by atoms with E-state index in [-0.39, 0.29) is 35.2 Å². The maximum Gasteiger partial charge on any atom is 0.201 e. The van der Waals surface area contributed by atoms with E-state index in [0.29, 0.717) is 22.3 Å². The molecule has 2 nitrogen and oxygen atoms in total. The number of rotatable bonds is 10. The molecule has 0 N–H and O–H groups in total. The van der Waals surface area contributed by atoms with Crippen LogP contribution >= 0.6 is 0 Å². The van der Waals surface area contributed by atoms with Gasteiger partial charge in [-0.1, -0.05) is 146 Å². The van der Waals surface area contributed by atoms with E-state index in [1.165, 1.54) is 24.3 Å². The average molecular weight is 829 g/mol. The number of benzene rings is 9. The third kappa shape index (κ3) is 6.54. The summed E-state index contributed by atoms with van der Waals surface area (Å²) in [6.45, 7) is 17.5. The Hall–Kier alpha value is -6.40. The van der Waals surface area contributed by atoms with E-state index >= 15 is 13.2 Å². The van der Waals surface area contributed by atoms with Crippen LogP contribution in [0.15, 0.2) is 121 Å². The van der Waals surface area contributed by atoms with Gasteiger partial charge in [-0.05, 0) is 109 Å². The van der Waals surface area contributed by atoms with Gasteiger partial charge in [-0.25, -0.2) is 8.78 Å². The molecular weight excluding hydrogens is 781 g/mol. The van der Waals surface area contributed by atoms with Gasteiger partial charge in [-0.15, -0.1) is 0 Å². The van der Waals surface area contributed by atoms with Gasteiger partial charge < -0.3 is 9.47 Å². The highest BCUT2D eigenvalue weighted by atomic mass is 19.2. The van der Waals surface area contributed by atoms with Crippen molar-refractivity contribution in [1.29, 1.82) is 0 Å². The van der Waals surface area contributed by atoms with Crippen molar-refractivity contribution in [2.24, 2.45) is 0 Å². The predicted molar refractivity (Wildman–Crippen MR) is 248 cm³/mol. The Bertz CT molecular complexity index is 3140. The summed E-state index contributed by atoms with van der Waals surface area (Å²) < 4.78 is 75.1. The second-order valence-corrected chi connectivity index (χ2v) is 17.6. The molecule has 0 saturated carbocycles. The first-order valence-corrected chi connectivity index (χ1v) is 21.5. The van der Waals surface area contributed by atoms with Crippen molar-refractivity contribution in [1.82, 2.24) is 0 Å². The Labute approximate surface area is 360 Å². The molecule has 0 unspecified atom stereocenters. The highest BCUT2D eigenvalue weighted by Crippen LogP contribution is 2.58. The maximum atomic E-state index is 16.3. The van der Waals surface area contributed by atoms with E-state index in [1.807, 2.05) is 36.4 Å². The van der Waals surface area contributed by atoms with Crippen LogP contribution in [0, 0.1) is 23.3 Å². The van der Waals surface area contributed by atoms with Crippen molar-refractivity contribution in [3.63, 3.8) is 0 Å². The molecule has 9 aromatic carbocycles. The smallest absolute Gasteiger partial charge is 0.201 e. The second kappa shape index (κ2) is 15.8. The van der Waals surface area contributed by atoms with E-state index in [1.54, 1.807) is 6.07 Å². The van der Waals surface area contributed by atoms with E-state index < -0.39 is 23.3 Å². The average Bonchev–Trinajstić information content (AvgIpc) is 3.25. The third-order valence-electron chi connectivity index (χ3n) is 12.3. The fourth-order valence-electron chi connectivity index (χ4n) is 9.54. The molecule has 0 aliphatic heterocycles. The van der Waals surface area contributed by atoms with Crippen LogP contribution in [0.4, 0.5) is 17.6 Å². The number of hydrogen-bond acceptors (Lipinski definition) is 2. The first-order valence-electron chi connectivity index (χ1n) is 21.5. The molecule has 0 heterocycles. The Morgan fingerprint density at radius 3 is 1.31 bits per heavy atom. The molecule has 0 spiro atoms. The van der Waals surface area contributed by atoms with E-state index in [0.717, 1.165) is 89.0 Å². The van der Waals surface area contributed by atoms with Gasteiger partial charge in [0, 0.05) is 32.7 Å². The molecule has 9 rings (SSSR count).